The molecule has 0 saturated heterocycles. The van der Waals surface area contributed by atoms with Gasteiger partial charge < -0.3 is 5.11 Å². The maximum Gasteiger partial charge on any atom is 0.0792 e. The van der Waals surface area contributed by atoms with Crippen molar-refractivity contribution < 1.29 is 5.11 Å². The van der Waals surface area contributed by atoms with Crippen LogP contribution in [0.3, 0.4) is 0 Å². The Morgan fingerprint density at radius 3 is 3.08 bits per heavy atom. The lowest BCUT2D eigenvalue weighted by Gasteiger charge is -2.21. The largest absolute Gasteiger partial charge is 0.388 e. The van der Waals surface area contributed by atoms with Crippen molar-refractivity contribution in [1.29, 1.82) is 0 Å². The third kappa shape index (κ3) is 1.61. The Kier molecular flexibility index (Phi) is 2.36. The van der Waals surface area contributed by atoms with Crippen LogP contribution in [0.25, 0.3) is 0 Å². The Balaban J connectivity index is 2.41. The summed E-state index contributed by atoms with van der Waals surface area (Å²) in [6.07, 6.45) is 4.03. The van der Waals surface area contributed by atoms with Gasteiger partial charge in [0.15, 0.2) is 0 Å². The van der Waals surface area contributed by atoms with Gasteiger partial charge in [0.2, 0.25) is 0 Å². The van der Waals surface area contributed by atoms with Gasteiger partial charge in [0.25, 0.3) is 0 Å². The van der Waals surface area contributed by atoms with Gasteiger partial charge in [-0.2, -0.15) is 0 Å². The highest BCUT2D eigenvalue weighted by Gasteiger charge is 2.17. The van der Waals surface area contributed by atoms with Crippen LogP contribution in [0.15, 0.2) is 18.2 Å². The van der Waals surface area contributed by atoms with Gasteiger partial charge in [-0.3, -0.25) is 0 Å². The molecule has 0 saturated carbocycles. The molecule has 70 valence electrons. The Morgan fingerprint density at radius 2 is 2.31 bits per heavy atom. The molecule has 2 rings (SSSR count). The van der Waals surface area contributed by atoms with Crippen LogP contribution in [0, 0.1) is 0 Å². The van der Waals surface area contributed by atoms with Crippen molar-refractivity contribution in [2.24, 2.45) is 0 Å². The molecule has 0 spiro atoms. The summed E-state index contributed by atoms with van der Waals surface area (Å²) in [5, 5.41) is 9.78. The number of aliphatic hydroxyl groups is 1. The monoisotopic (exact) mass is 176 g/mol. The van der Waals surface area contributed by atoms with Gasteiger partial charge in [-0.25, -0.2) is 0 Å². The van der Waals surface area contributed by atoms with Crippen molar-refractivity contribution in [2.75, 3.05) is 0 Å². The van der Waals surface area contributed by atoms with E-state index in [1.54, 1.807) is 0 Å². The molecular formula is C12H16O. The molecule has 0 aromatic heterocycles. The fourth-order valence-electron chi connectivity index (χ4n) is 2.04. The van der Waals surface area contributed by atoms with E-state index in [0.717, 1.165) is 25.7 Å². The number of rotatable bonds is 1. The quantitative estimate of drug-likeness (QED) is 0.697. The maximum absolute atomic E-state index is 9.78. The average molecular weight is 176 g/mol. The molecular weight excluding hydrogens is 160 g/mol. The lowest BCUT2D eigenvalue weighted by Crippen LogP contribution is -2.09. The molecule has 1 N–H and O–H groups in total. The molecule has 0 radical (unpaired) electrons. The first-order valence-corrected chi connectivity index (χ1v) is 5.11. The predicted octanol–water partition coefficient (Wildman–Crippen LogP) is 2.62. The number of hydrogen-bond donors (Lipinski definition) is 1. The molecule has 0 heterocycles. The van der Waals surface area contributed by atoms with E-state index in [4.69, 9.17) is 0 Å². The van der Waals surface area contributed by atoms with E-state index in [2.05, 4.69) is 25.1 Å². The van der Waals surface area contributed by atoms with E-state index < -0.39 is 0 Å². The molecule has 1 nitrogen and oxygen atoms in total. The minimum Gasteiger partial charge on any atom is -0.388 e. The smallest absolute Gasteiger partial charge is 0.0792 e. The van der Waals surface area contributed by atoms with Crippen molar-refractivity contribution >= 4 is 0 Å². The number of hydrogen-bond acceptors (Lipinski definition) is 1. The Bertz CT molecular complexity index is 304. The second-order valence-electron chi connectivity index (χ2n) is 3.79. The summed E-state index contributed by atoms with van der Waals surface area (Å²) in [5.74, 6) is 0. The normalized spacial score (nSPS) is 21.2. The van der Waals surface area contributed by atoms with Gasteiger partial charge >= 0.3 is 0 Å². The first kappa shape index (κ1) is 8.76. The summed E-state index contributed by atoms with van der Waals surface area (Å²) in [4.78, 5) is 0. The lowest BCUT2D eigenvalue weighted by atomic mass is 9.88. The van der Waals surface area contributed by atoms with Crippen LogP contribution in [0.4, 0.5) is 0 Å². The molecule has 1 aromatic rings. The van der Waals surface area contributed by atoms with Gasteiger partial charge in [-0.05, 0) is 42.4 Å². The van der Waals surface area contributed by atoms with Crippen molar-refractivity contribution in [3.8, 4) is 0 Å². The summed E-state index contributed by atoms with van der Waals surface area (Å²) in [6.45, 7) is 2.15. The topological polar surface area (TPSA) is 20.2 Å². The molecule has 0 fully saturated rings. The number of aliphatic hydroxyl groups excluding tert-OH is 1. The van der Waals surface area contributed by atoms with Gasteiger partial charge in [-0.15, -0.1) is 0 Å². The zero-order chi connectivity index (χ0) is 9.26. The van der Waals surface area contributed by atoms with Gasteiger partial charge in [0, 0.05) is 0 Å². The fraction of sp³-hybridized carbons (Fsp3) is 0.500. The van der Waals surface area contributed by atoms with E-state index in [0.29, 0.717) is 0 Å². The van der Waals surface area contributed by atoms with Crippen molar-refractivity contribution in [2.45, 2.75) is 38.7 Å². The van der Waals surface area contributed by atoms with Crippen molar-refractivity contribution in [3.05, 3.63) is 34.9 Å². The summed E-state index contributed by atoms with van der Waals surface area (Å²) >= 11 is 0. The zero-order valence-corrected chi connectivity index (χ0v) is 8.09. The maximum atomic E-state index is 9.78. The Hall–Kier alpha value is -0.820. The fourth-order valence-corrected chi connectivity index (χ4v) is 2.04. The van der Waals surface area contributed by atoms with Crippen LogP contribution in [-0.4, -0.2) is 5.11 Å². The molecule has 1 atom stereocenters. The number of benzene rings is 1. The van der Waals surface area contributed by atoms with Crippen molar-refractivity contribution in [1.82, 2.24) is 0 Å². The second kappa shape index (κ2) is 3.51. The third-order valence-corrected chi connectivity index (χ3v) is 2.90. The highest BCUT2D eigenvalue weighted by Crippen LogP contribution is 2.30. The van der Waals surface area contributed by atoms with E-state index in [-0.39, 0.29) is 6.10 Å². The van der Waals surface area contributed by atoms with Crippen LogP contribution in [0.1, 0.15) is 42.6 Å². The molecule has 0 aliphatic heterocycles. The number of fused-ring (bicyclic) bond motifs is 1. The van der Waals surface area contributed by atoms with Gasteiger partial charge in [0.05, 0.1) is 6.10 Å². The summed E-state index contributed by atoms with van der Waals surface area (Å²) in [6, 6.07) is 6.52. The standard InChI is InChI=1S/C12H16O/c1-2-9-6-7-10-4-3-5-12(13)11(10)8-9/h6-8,12-13H,2-5H2,1H3/t12-/m0/s1. The Morgan fingerprint density at radius 1 is 1.46 bits per heavy atom. The van der Waals surface area contributed by atoms with E-state index >= 15 is 0 Å². The molecule has 13 heavy (non-hydrogen) atoms. The summed E-state index contributed by atoms with van der Waals surface area (Å²) in [7, 11) is 0. The summed E-state index contributed by atoms with van der Waals surface area (Å²) < 4.78 is 0. The minimum atomic E-state index is -0.213. The van der Waals surface area contributed by atoms with Crippen LogP contribution in [-0.2, 0) is 12.8 Å². The molecule has 1 aromatic carbocycles. The first-order chi connectivity index (χ1) is 6.31. The molecule has 0 bridgehead atoms. The predicted molar refractivity (Wildman–Crippen MR) is 53.7 cm³/mol. The van der Waals surface area contributed by atoms with Crippen LogP contribution in [0.5, 0.6) is 0 Å². The van der Waals surface area contributed by atoms with E-state index in [1.165, 1.54) is 16.7 Å². The zero-order valence-electron chi connectivity index (χ0n) is 8.09. The molecule has 1 aliphatic carbocycles. The Labute approximate surface area is 79.4 Å². The average Bonchev–Trinajstić information content (AvgIpc) is 2.18. The van der Waals surface area contributed by atoms with Crippen LogP contribution >= 0.6 is 0 Å². The van der Waals surface area contributed by atoms with Crippen LogP contribution in [0.2, 0.25) is 0 Å². The van der Waals surface area contributed by atoms with Gasteiger partial charge in [0.1, 0.15) is 0 Å². The van der Waals surface area contributed by atoms with E-state index in [9.17, 15) is 5.11 Å². The highest BCUT2D eigenvalue weighted by atomic mass is 16.3. The summed E-state index contributed by atoms with van der Waals surface area (Å²) in [5.41, 5.74) is 3.85. The number of aryl methyl sites for hydroxylation is 2. The third-order valence-electron chi connectivity index (χ3n) is 2.90. The SMILES string of the molecule is CCc1ccc2c(c1)[C@@H](O)CCC2. The molecule has 1 aliphatic rings. The highest BCUT2D eigenvalue weighted by molar-refractivity contribution is 5.35. The lowest BCUT2D eigenvalue weighted by molar-refractivity contribution is 0.156. The minimum absolute atomic E-state index is 0.213. The first-order valence-electron chi connectivity index (χ1n) is 5.11. The van der Waals surface area contributed by atoms with Crippen LogP contribution < -0.4 is 0 Å². The molecule has 0 unspecified atom stereocenters. The van der Waals surface area contributed by atoms with Crippen molar-refractivity contribution in [3.63, 3.8) is 0 Å². The second-order valence-corrected chi connectivity index (χ2v) is 3.79. The molecule has 0 amide bonds. The van der Waals surface area contributed by atoms with Gasteiger partial charge in [-0.1, -0.05) is 25.1 Å². The van der Waals surface area contributed by atoms with E-state index in [1.807, 2.05) is 0 Å². The molecule has 1 heteroatoms.